The van der Waals surface area contributed by atoms with Crippen molar-refractivity contribution in [1.29, 1.82) is 0 Å². The van der Waals surface area contributed by atoms with Crippen LogP contribution in [0.4, 0.5) is 0 Å². The lowest BCUT2D eigenvalue weighted by atomic mass is 10.0. The molecule has 0 aromatic carbocycles. The van der Waals surface area contributed by atoms with Crippen LogP contribution in [0.25, 0.3) is 0 Å². The molecule has 0 radical (unpaired) electrons. The second kappa shape index (κ2) is 5.65. The van der Waals surface area contributed by atoms with Gasteiger partial charge in [-0.2, -0.15) is 0 Å². The SMILES string of the molecule is CC(C)NCCc1ncc(C2COC(C)C2)o1. The van der Waals surface area contributed by atoms with Gasteiger partial charge in [0, 0.05) is 24.9 Å². The van der Waals surface area contributed by atoms with E-state index >= 15 is 0 Å². The molecule has 1 aliphatic heterocycles. The van der Waals surface area contributed by atoms with Gasteiger partial charge in [0.15, 0.2) is 5.89 Å². The van der Waals surface area contributed by atoms with Crippen LogP contribution in [0.5, 0.6) is 0 Å². The Morgan fingerprint density at radius 2 is 2.35 bits per heavy atom. The highest BCUT2D eigenvalue weighted by atomic mass is 16.5. The zero-order chi connectivity index (χ0) is 12.3. The van der Waals surface area contributed by atoms with E-state index in [1.54, 1.807) is 0 Å². The highest BCUT2D eigenvalue weighted by Gasteiger charge is 2.26. The smallest absolute Gasteiger partial charge is 0.195 e. The highest BCUT2D eigenvalue weighted by Crippen LogP contribution is 2.29. The number of ether oxygens (including phenoxy) is 1. The summed E-state index contributed by atoms with van der Waals surface area (Å²) in [6.45, 7) is 8.05. The molecule has 2 heterocycles. The van der Waals surface area contributed by atoms with Crippen molar-refractivity contribution < 1.29 is 9.15 Å². The number of hydrogen-bond acceptors (Lipinski definition) is 4. The van der Waals surface area contributed by atoms with Crippen molar-refractivity contribution in [2.24, 2.45) is 0 Å². The number of rotatable bonds is 5. The van der Waals surface area contributed by atoms with Gasteiger partial charge in [0.05, 0.1) is 18.9 Å². The van der Waals surface area contributed by atoms with Gasteiger partial charge in [-0.05, 0) is 13.3 Å². The number of nitrogens with zero attached hydrogens (tertiary/aromatic N) is 1. The van der Waals surface area contributed by atoms with E-state index in [1.165, 1.54) is 0 Å². The van der Waals surface area contributed by atoms with Crippen LogP contribution in [0.15, 0.2) is 10.6 Å². The summed E-state index contributed by atoms with van der Waals surface area (Å²) in [5.41, 5.74) is 0. The van der Waals surface area contributed by atoms with Gasteiger partial charge in [0.25, 0.3) is 0 Å². The molecule has 17 heavy (non-hydrogen) atoms. The summed E-state index contributed by atoms with van der Waals surface area (Å²) in [5.74, 6) is 2.20. The summed E-state index contributed by atoms with van der Waals surface area (Å²) in [4.78, 5) is 4.32. The molecule has 0 amide bonds. The molecule has 4 heteroatoms. The van der Waals surface area contributed by atoms with Crippen LogP contribution in [0, 0.1) is 0 Å². The minimum absolute atomic E-state index is 0.344. The summed E-state index contributed by atoms with van der Waals surface area (Å²) in [7, 11) is 0. The molecule has 0 saturated carbocycles. The molecule has 1 fully saturated rings. The molecule has 2 rings (SSSR count). The van der Waals surface area contributed by atoms with Crippen LogP contribution in [0.2, 0.25) is 0 Å². The van der Waals surface area contributed by atoms with Crippen molar-refractivity contribution in [2.45, 2.75) is 51.7 Å². The van der Waals surface area contributed by atoms with E-state index in [1.807, 2.05) is 6.20 Å². The first-order valence-electron chi connectivity index (χ1n) is 6.44. The van der Waals surface area contributed by atoms with E-state index in [2.05, 4.69) is 31.1 Å². The molecule has 2 atom stereocenters. The van der Waals surface area contributed by atoms with Gasteiger partial charge < -0.3 is 14.5 Å². The average molecular weight is 238 g/mol. The second-order valence-corrected chi connectivity index (χ2v) is 5.09. The molecule has 0 aliphatic carbocycles. The van der Waals surface area contributed by atoms with E-state index < -0.39 is 0 Å². The van der Waals surface area contributed by atoms with Gasteiger partial charge >= 0.3 is 0 Å². The van der Waals surface area contributed by atoms with Gasteiger partial charge in [0.2, 0.25) is 0 Å². The second-order valence-electron chi connectivity index (χ2n) is 5.09. The van der Waals surface area contributed by atoms with E-state index in [-0.39, 0.29) is 0 Å². The Hall–Kier alpha value is -0.870. The zero-order valence-electron chi connectivity index (χ0n) is 10.9. The fourth-order valence-corrected chi connectivity index (χ4v) is 2.11. The Kier molecular flexibility index (Phi) is 4.18. The van der Waals surface area contributed by atoms with E-state index in [0.717, 1.165) is 37.6 Å². The molecular formula is C13H22N2O2. The molecule has 0 spiro atoms. The Bertz CT molecular complexity index is 349. The fourth-order valence-electron chi connectivity index (χ4n) is 2.11. The molecule has 2 unspecified atom stereocenters. The first kappa shape index (κ1) is 12.6. The predicted molar refractivity (Wildman–Crippen MR) is 66.1 cm³/mol. The van der Waals surface area contributed by atoms with E-state index in [4.69, 9.17) is 9.15 Å². The van der Waals surface area contributed by atoms with Gasteiger partial charge in [-0.3, -0.25) is 0 Å². The van der Waals surface area contributed by atoms with Crippen molar-refractivity contribution in [2.75, 3.05) is 13.2 Å². The number of oxazole rings is 1. The van der Waals surface area contributed by atoms with Crippen molar-refractivity contribution in [3.8, 4) is 0 Å². The van der Waals surface area contributed by atoms with Crippen LogP contribution in [0.1, 0.15) is 44.8 Å². The molecule has 1 saturated heterocycles. The van der Waals surface area contributed by atoms with Crippen molar-refractivity contribution in [1.82, 2.24) is 10.3 Å². The van der Waals surface area contributed by atoms with Crippen LogP contribution in [0.3, 0.4) is 0 Å². The lowest BCUT2D eigenvalue weighted by Gasteiger charge is -2.05. The number of hydrogen-bond donors (Lipinski definition) is 1. The quantitative estimate of drug-likeness (QED) is 0.853. The van der Waals surface area contributed by atoms with Crippen LogP contribution < -0.4 is 5.32 Å². The fraction of sp³-hybridized carbons (Fsp3) is 0.769. The monoisotopic (exact) mass is 238 g/mol. The number of aromatic nitrogens is 1. The summed E-state index contributed by atoms with van der Waals surface area (Å²) >= 11 is 0. The first-order chi connectivity index (χ1) is 8.15. The molecule has 0 bridgehead atoms. The molecule has 96 valence electrons. The van der Waals surface area contributed by atoms with Gasteiger partial charge in [0.1, 0.15) is 5.76 Å². The molecule has 1 N–H and O–H groups in total. The Labute approximate surface area is 103 Å². The minimum Gasteiger partial charge on any atom is -0.445 e. The molecule has 4 nitrogen and oxygen atoms in total. The Morgan fingerprint density at radius 3 is 3.00 bits per heavy atom. The summed E-state index contributed by atoms with van der Waals surface area (Å²) < 4.78 is 11.3. The molecular weight excluding hydrogens is 216 g/mol. The van der Waals surface area contributed by atoms with Crippen LogP contribution in [-0.2, 0) is 11.2 Å². The largest absolute Gasteiger partial charge is 0.445 e. The highest BCUT2D eigenvalue weighted by molar-refractivity contribution is 5.04. The molecule has 1 aromatic rings. The maximum absolute atomic E-state index is 5.77. The third-order valence-electron chi connectivity index (χ3n) is 3.06. The standard InChI is InChI=1S/C13H22N2O2/c1-9(2)14-5-4-13-15-7-12(17-13)11-6-10(3)16-8-11/h7,9-11,14H,4-6,8H2,1-3H3. The topological polar surface area (TPSA) is 47.3 Å². The third-order valence-corrected chi connectivity index (χ3v) is 3.06. The zero-order valence-corrected chi connectivity index (χ0v) is 10.9. The summed E-state index contributed by atoms with van der Waals surface area (Å²) in [6, 6.07) is 0.508. The van der Waals surface area contributed by atoms with Crippen LogP contribution in [-0.4, -0.2) is 30.3 Å². The predicted octanol–water partition coefficient (Wildman–Crippen LogP) is 2.11. The summed E-state index contributed by atoms with van der Waals surface area (Å²) in [5, 5.41) is 3.36. The Balaban J connectivity index is 1.83. The minimum atomic E-state index is 0.344. The average Bonchev–Trinajstić information content (AvgIpc) is 2.86. The Morgan fingerprint density at radius 1 is 1.53 bits per heavy atom. The van der Waals surface area contributed by atoms with E-state index in [0.29, 0.717) is 18.1 Å². The maximum atomic E-state index is 5.77. The van der Waals surface area contributed by atoms with Gasteiger partial charge in [-0.1, -0.05) is 13.8 Å². The van der Waals surface area contributed by atoms with Crippen molar-refractivity contribution in [3.63, 3.8) is 0 Å². The summed E-state index contributed by atoms with van der Waals surface area (Å²) in [6.07, 6.45) is 4.09. The van der Waals surface area contributed by atoms with Gasteiger partial charge in [-0.15, -0.1) is 0 Å². The van der Waals surface area contributed by atoms with Crippen LogP contribution >= 0.6 is 0 Å². The molecule has 1 aliphatic rings. The van der Waals surface area contributed by atoms with Crippen molar-refractivity contribution in [3.05, 3.63) is 17.8 Å². The third kappa shape index (κ3) is 3.54. The maximum Gasteiger partial charge on any atom is 0.195 e. The molecule has 1 aromatic heterocycles. The van der Waals surface area contributed by atoms with E-state index in [9.17, 15) is 0 Å². The van der Waals surface area contributed by atoms with Crippen molar-refractivity contribution >= 4 is 0 Å². The lowest BCUT2D eigenvalue weighted by molar-refractivity contribution is 0.122. The normalized spacial score (nSPS) is 24.7. The lowest BCUT2D eigenvalue weighted by Crippen LogP contribution is -2.24. The van der Waals surface area contributed by atoms with Gasteiger partial charge in [-0.25, -0.2) is 4.98 Å². The number of nitrogens with one attached hydrogen (secondary N) is 1. The first-order valence-corrected chi connectivity index (χ1v) is 6.44.